The van der Waals surface area contributed by atoms with E-state index in [4.69, 9.17) is 17.3 Å². The van der Waals surface area contributed by atoms with E-state index in [1.807, 2.05) is 19.9 Å². The van der Waals surface area contributed by atoms with Crippen molar-refractivity contribution in [3.05, 3.63) is 64.2 Å². The third-order valence-corrected chi connectivity index (χ3v) is 3.92. The van der Waals surface area contributed by atoms with Crippen LogP contribution in [0.15, 0.2) is 36.4 Å². The summed E-state index contributed by atoms with van der Waals surface area (Å²) in [6, 6.07) is 10.1. The number of benzene rings is 2. The van der Waals surface area contributed by atoms with Gasteiger partial charge >= 0.3 is 5.97 Å². The van der Waals surface area contributed by atoms with Gasteiger partial charge in [0.25, 0.3) is 5.91 Å². The maximum absolute atomic E-state index is 12.2. The van der Waals surface area contributed by atoms with Crippen LogP contribution in [0.4, 0.5) is 5.69 Å². The molecule has 0 saturated heterocycles. The molecule has 24 heavy (non-hydrogen) atoms. The monoisotopic (exact) mass is 342 g/mol. The van der Waals surface area contributed by atoms with Gasteiger partial charge in [0.2, 0.25) is 0 Å². The number of thiocarbonyl (C=S) groups is 1. The lowest BCUT2D eigenvalue weighted by Gasteiger charge is -2.12. The van der Waals surface area contributed by atoms with Gasteiger partial charge in [-0.2, -0.15) is 0 Å². The molecule has 0 spiro atoms. The van der Waals surface area contributed by atoms with Crippen LogP contribution in [-0.4, -0.2) is 22.1 Å². The molecule has 0 bridgehead atoms. The van der Waals surface area contributed by atoms with Crippen LogP contribution in [-0.2, 0) is 0 Å². The molecule has 3 N–H and O–H groups in total. The molecule has 5 nitrogen and oxygen atoms in total. The number of hydrogen-bond donors (Lipinski definition) is 3. The Balaban J connectivity index is 2.06. The normalized spacial score (nSPS) is 10.1. The third-order valence-electron chi connectivity index (χ3n) is 3.72. The van der Waals surface area contributed by atoms with Gasteiger partial charge in [0.05, 0.1) is 5.56 Å². The van der Waals surface area contributed by atoms with Gasteiger partial charge in [-0.1, -0.05) is 6.07 Å². The number of rotatable bonds is 3. The molecule has 0 aromatic heterocycles. The minimum atomic E-state index is -0.990. The molecule has 2 aromatic carbocycles. The van der Waals surface area contributed by atoms with Crippen LogP contribution in [0.2, 0.25) is 0 Å². The Morgan fingerprint density at radius 2 is 1.54 bits per heavy atom. The van der Waals surface area contributed by atoms with Crippen molar-refractivity contribution >= 4 is 34.9 Å². The second kappa shape index (κ2) is 7.23. The molecule has 2 rings (SSSR count). The van der Waals surface area contributed by atoms with Crippen molar-refractivity contribution in [1.29, 1.82) is 0 Å². The number of nitrogens with one attached hydrogen (secondary N) is 2. The van der Waals surface area contributed by atoms with E-state index in [9.17, 15) is 9.59 Å². The average molecular weight is 342 g/mol. The molecule has 0 radical (unpaired) electrons. The number of carboxylic acid groups (broad SMARTS) is 1. The molecule has 2 aromatic rings. The molecule has 0 atom stereocenters. The highest BCUT2D eigenvalue weighted by Crippen LogP contribution is 2.16. The molecule has 0 aliphatic carbocycles. The Labute approximate surface area is 145 Å². The SMILES string of the molecule is Cc1ccc(C(=O)NC(=S)Nc2ccc(C(=O)O)cc2C)cc1C. The Hall–Kier alpha value is -2.73. The fourth-order valence-electron chi connectivity index (χ4n) is 2.15. The van der Waals surface area contributed by atoms with E-state index >= 15 is 0 Å². The Kier molecular flexibility index (Phi) is 5.31. The van der Waals surface area contributed by atoms with E-state index in [0.717, 1.165) is 16.7 Å². The topological polar surface area (TPSA) is 78.4 Å². The van der Waals surface area contributed by atoms with Crippen molar-refractivity contribution in [1.82, 2.24) is 5.32 Å². The van der Waals surface area contributed by atoms with Crippen LogP contribution < -0.4 is 10.6 Å². The zero-order valence-electron chi connectivity index (χ0n) is 13.6. The second-order valence-corrected chi connectivity index (χ2v) is 5.95. The van der Waals surface area contributed by atoms with Crippen LogP contribution in [0.1, 0.15) is 37.4 Å². The van der Waals surface area contributed by atoms with E-state index in [2.05, 4.69) is 10.6 Å². The number of carboxylic acids is 1. The van der Waals surface area contributed by atoms with Crippen molar-refractivity contribution in [2.24, 2.45) is 0 Å². The molecule has 6 heteroatoms. The molecule has 0 heterocycles. The average Bonchev–Trinajstić information content (AvgIpc) is 2.51. The van der Waals surface area contributed by atoms with Crippen molar-refractivity contribution in [3.63, 3.8) is 0 Å². The lowest BCUT2D eigenvalue weighted by atomic mass is 10.1. The Bertz CT molecular complexity index is 831. The maximum atomic E-state index is 12.2. The summed E-state index contributed by atoms with van der Waals surface area (Å²) in [5.41, 5.74) is 4.23. The quantitative estimate of drug-likeness (QED) is 0.745. The standard InChI is InChI=1S/C18H18N2O3S/c1-10-4-5-13(8-11(10)2)16(21)20-18(24)19-15-7-6-14(17(22)23)9-12(15)3/h4-9H,1-3H3,(H,22,23)(H2,19,20,21,24). The summed E-state index contributed by atoms with van der Waals surface area (Å²) in [5.74, 6) is -1.29. The van der Waals surface area contributed by atoms with Crippen LogP contribution in [0.25, 0.3) is 0 Å². The fraction of sp³-hybridized carbons (Fsp3) is 0.167. The summed E-state index contributed by atoms with van der Waals surface area (Å²) < 4.78 is 0. The number of anilines is 1. The predicted molar refractivity (Wildman–Crippen MR) is 97.7 cm³/mol. The Morgan fingerprint density at radius 1 is 0.917 bits per heavy atom. The minimum absolute atomic E-state index is 0.157. The number of aryl methyl sites for hydroxylation is 3. The summed E-state index contributed by atoms with van der Waals surface area (Å²) in [5, 5.41) is 14.7. The van der Waals surface area contributed by atoms with Crippen LogP contribution in [0.3, 0.4) is 0 Å². The summed E-state index contributed by atoms with van der Waals surface area (Å²) in [6.07, 6.45) is 0. The largest absolute Gasteiger partial charge is 0.478 e. The number of amides is 1. The molecular formula is C18H18N2O3S. The molecule has 1 amide bonds. The summed E-state index contributed by atoms with van der Waals surface area (Å²) in [4.78, 5) is 23.2. The number of carbonyl (C=O) groups is 2. The molecule has 0 fully saturated rings. The van der Waals surface area contributed by atoms with Crippen LogP contribution in [0, 0.1) is 20.8 Å². The van der Waals surface area contributed by atoms with Crippen molar-refractivity contribution in [2.75, 3.05) is 5.32 Å². The fourth-order valence-corrected chi connectivity index (χ4v) is 2.35. The molecule has 124 valence electrons. The zero-order chi connectivity index (χ0) is 17.9. The third kappa shape index (κ3) is 4.17. The van der Waals surface area contributed by atoms with Crippen molar-refractivity contribution < 1.29 is 14.7 Å². The molecule has 0 aliphatic heterocycles. The molecular weight excluding hydrogens is 324 g/mol. The molecule has 0 saturated carbocycles. The zero-order valence-corrected chi connectivity index (χ0v) is 14.5. The molecule has 0 aliphatic rings. The smallest absolute Gasteiger partial charge is 0.335 e. The summed E-state index contributed by atoms with van der Waals surface area (Å²) in [7, 11) is 0. The maximum Gasteiger partial charge on any atom is 0.335 e. The number of aromatic carboxylic acids is 1. The lowest BCUT2D eigenvalue weighted by molar-refractivity contribution is 0.0696. The van der Waals surface area contributed by atoms with E-state index in [1.165, 1.54) is 6.07 Å². The van der Waals surface area contributed by atoms with Crippen LogP contribution in [0.5, 0.6) is 0 Å². The predicted octanol–water partition coefficient (Wildman–Crippen LogP) is 3.44. The van der Waals surface area contributed by atoms with Gasteiger partial charge in [-0.05, 0) is 80.0 Å². The first-order valence-corrected chi connectivity index (χ1v) is 7.72. The highest BCUT2D eigenvalue weighted by atomic mass is 32.1. The second-order valence-electron chi connectivity index (χ2n) is 5.54. The van der Waals surface area contributed by atoms with Gasteiger partial charge in [0, 0.05) is 11.3 Å². The van der Waals surface area contributed by atoms with E-state index in [-0.39, 0.29) is 16.6 Å². The van der Waals surface area contributed by atoms with Crippen molar-refractivity contribution in [2.45, 2.75) is 20.8 Å². The first kappa shape index (κ1) is 17.6. The van der Waals surface area contributed by atoms with E-state index in [1.54, 1.807) is 31.2 Å². The Morgan fingerprint density at radius 3 is 2.12 bits per heavy atom. The number of hydrogen-bond acceptors (Lipinski definition) is 3. The van der Waals surface area contributed by atoms with Gasteiger partial charge in [0.15, 0.2) is 5.11 Å². The van der Waals surface area contributed by atoms with Gasteiger partial charge in [-0.3, -0.25) is 10.1 Å². The lowest BCUT2D eigenvalue weighted by Crippen LogP contribution is -2.34. The summed E-state index contributed by atoms with van der Waals surface area (Å²) in [6.45, 7) is 5.69. The van der Waals surface area contributed by atoms with Crippen LogP contribution >= 0.6 is 12.2 Å². The van der Waals surface area contributed by atoms with Gasteiger partial charge in [-0.15, -0.1) is 0 Å². The highest BCUT2D eigenvalue weighted by Gasteiger charge is 2.11. The van der Waals surface area contributed by atoms with E-state index < -0.39 is 5.97 Å². The van der Waals surface area contributed by atoms with E-state index in [0.29, 0.717) is 11.3 Å². The number of carbonyl (C=O) groups excluding carboxylic acids is 1. The van der Waals surface area contributed by atoms with Gasteiger partial charge in [-0.25, -0.2) is 4.79 Å². The minimum Gasteiger partial charge on any atom is -0.478 e. The van der Waals surface area contributed by atoms with Crippen molar-refractivity contribution in [3.8, 4) is 0 Å². The van der Waals surface area contributed by atoms with Gasteiger partial charge in [0.1, 0.15) is 0 Å². The first-order chi connectivity index (χ1) is 11.3. The molecule has 0 unspecified atom stereocenters. The highest BCUT2D eigenvalue weighted by molar-refractivity contribution is 7.80. The summed E-state index contributed by atoms with van der Waals surface area (Å²) >= 11 is 5.16. The van der Waals surface area contributed by atoms with Gasteiger partial charge < -0.3 is 10.4 Å². The first-order valence-electron chi connectivity index (χ1n) is 7.31.